The summed E-state index contributed by atoms with van der Waals surface area (Å²) in [6, 6.07) is 0. The predicted octanol–water partition coefficient (Wildman–Crippen LogP) is 2.57. The fraction of sp³-hybridized carbons (Fsp3) is 1.00. The summed E-state index contributed by atoms with van der Waals surface area (Å²) in [6.07, 6.45) is 2.67. The highest BCUT2D eigenvalue weighted by Crippen LogP contribution is 2.11. The number of hydrogen-bond acceptors (Lipinski definition) is 4. The standard InChI is InChI=1S/C10H21NS3/c1-3-11-4-2-6-13-8-10-14-9-7-12-5-1/h11H,1-10H2. The molecule has 1 aliphatic rings. The summed E-state index contributed by atoms with van der Waals surface area (Å²) in [5.74, 6) is 8.05. The first-order valence-corrected chi connectivity index (χ1v) is 8.90. The first-order chi connectivity index (χ1) is 7.00. The SMILES string of the molecule is C1CNCCCSCCSCCSC1. The molecule has 0 aromatic heterocycles. The van der Waals surface area contributed by atoms with Crippen LogP contribution in [0.4, 0.5) is 0 Å². The van der Waals surface area contributed by atoms with Crippen molar-refractivity contribution in [1.29, 1.82) is 0 Å². The quantitative estimate of drug-likeness (QED) is 0.710. The van der Waals surface area contributed by atoms with Crippen LogP contribution in [0.25, 0.3) is 0 Å². The molecule has 0 amide bonds. The van der Waals surface area contributed by atoms with E-state index in [2.05, 4.69) is 40.6 Å². The second-order valence-electron chi connectivity index (χ2n) is 3.29. The third-order valence-electron chi connectivity index (χ3n) is 2.03. The predicted molar refractivity (Wildman–Crippen MR) is 74.1 cm³/mol. The maximum absolute atomic E-state index is 3.51. The van der Waals surface area contributed by atoms with Gasteiger partial charge in [0.1, 0.15) is 0 Å². The van der Waals surface area contributed by atoms with E-state index in [1.54, 1.807) is 0 Å². The zero-order chi connectivity index (χ0) is 9.90. The van der Waals surface area contributed by atoms with E-state index in [9.17, 15) is 0 Å². The van der Waals surface area contributed by atoms with Crippen molar-refractivity contribution < 1.29 is 0 Å². The molecule has 4 heteroatoms. The van der Waals surface area contributed by atoms with Crippen LogP contribution in [0.5, 0.6) is 0 Å². The molecule has 0 bridgehead atoms. The van der Waals surface area contributed by atoms with Crippen LogP contribution in [0, 0.1) is 0 Å². The van der Waals surface area contributed by atoms with Gasteiger partial charge in [0, 0.05) is 23.0 Å². The minimum absolute atomic E-state index is 1.21. The molecular formula is C10H21NS3. The van der Waals surface area contributed by atoms with Gasteiger partial charge in [0.2, 0.25) is 0 Å². The molecule has 1 N–H and O–H groups in total. The highest BCUT2D eigenvalue weighted by atomic mass is 32.2. The van der Waals surface area contributed by atoms with Gasteiger partial charge in [-0.3, -0.25) is 0 Å². The molecule has 1 heterocycles. The lowest BCUT2D eigenvalue weighted by Gasteiger charge is -2.07. The van der Waals surface area contributed by atoms with Gasteiger partial charge in [0.25, 0.3) is 0 Å². The molecule has 1 aliphatic heterocycles. The number of rotatable bonds is 0. The number of thioether (sulfide) groups is 3. The molecular weight excluding hydrogens is 230 g/mol. The van der Waals surface area contributed by atoms with Crippen molar-refractivity contribution in [2.45, 2.75) is 12.8 Å². The van der Waals surface area contributed by atoms with Crippen molar-refractivity contribution in [3.63, 3.8) is 0 Å². The van der Waals surface area contributed by atoms with Gasteiger partial charge < -0.3 is 5.32 Å². The van der Waals surface area contributed by atoms with Crippen LogP contribution >= 0.6 is 35.3 Å². The lowest BCUT2D eigenvalue weighted by atomic mass is 10.4. The Morgan fingerprint density at radius 1 is 0.571 bits per heavy atom. The van der Waals surface area contributed by atoms with Crippen molar-refractivity contribution in [2.75, 3.05) is 47.6 Å². The fourth-order valence-corrected chi connectivity index (χ4v) is 4.46. The molecule has 1 fully saturated rings. The molecule has 1 nitrogen and oxygen atoms in total. The largest absolute Gasteiger partial charge is 0.317 e. The topological polar surface area (TPSA) is 12.0 Å². The van der Waals surface area contributed by atoms with Crippen LogP contribution in [-0.2, 0) is 0 Å². The van der Waals surface area contributed by atoms with Crippen LogP contribution in [0.1, 0.15) is 12.8 Å². The van der Waals surface area contributed by atoms with Crippen LogP contribution in [-0.4, -0.2) is 47.6 Å². The van der Waals surface area contributed by atoms with E-state index in [0.29, 0.717) is 0 Å². The monoisotopic (exact) mass is 251 g/mol. The van der Waals surface area contributed by atoms with Gasteiger partial charge in [0.15, 0.2) is 0 Å². The normalized spacial score (nSPS) is 24.0. The van der Waals surface area contributed by atoms with Crippen LogP contribution in [0.15, 0.2) is 0 Å². The van der Waals surface area contributed by atoms with Crippen molar-refractivity contribution in [3.8, 4) is 0 Å². The summed E-state index contributed by atoms with van der Waals surface area (Å²) in [6.45, 7) is 2.43. The van der Waals surface area contributed by atoms with Crippen molar-refractivity contribution in [2.24, 2.45) is 0 Å². The van der Waals surface area contributed by atoms with Crippen molar-refractivity contribution >= 4 is 35.3 Å². The molecule has 0 atom stereocenters. The van der Waals surface area contributed by atoms with E-state index in [1.165, 1.54) is 60.4 Å². The van der Waals surface area contributed by atoms with Crippen LogP contribution < -0.4 is 5.32 Å². The van der Waals surface area contributed by atoms with Gasteiger partial charge >= 0.3 is 0 Å². The number of hydrogen-bond donors (Lipinski definition) is 1. The Morgan fingerprint density at radius 2 is 1.00 bits per heavy atom. The third-order valence-corrected chi connectivity index (χ3v) is 5.67. The third kappa shape index (κ3) is 8.33. The highest BCUT2D eigenvalue weighted by molar-refractivity contribution is 8.04. The molecule has 1 rings (SSSR count). The van der Waals surface area contributed by atoms with E-state index in [0.717, 1.165) is 0 Å². The molecule has 84 valence electrons. The van der Waals surface area contributed by atoms with Crippen molar-refractivity contribution in [3.05, 3.63) is 0 Å². The van der Waals surface area contributed by atoms with E-state index in [4.69, 9.17) is 0 Å². The van der Waals surface area contributed by atoms with Gasteiger partial charge in [-0.25, -0.2) is 0 Å². The summed E-state index contributed by atoms with van der Waals surface area (Å²) in [4.78, 5) is 0. The zero-order valence-electron chi connectivity index (χ0n) is 8.80. The molecule has 1 saturated heterocycles. The van der Waals surface area contributed by atoms with Gasteiger partial charge in [-0.2, -0.15) is 35.3 Å². The fourth-order valence-electron chi connectivity index (χ4n) is 1.27. The van der Waals surface area contributed by atoms with Crippen LogP contribution in [0.3, 0.4) is 0 Å². The average molecular weight is 251 g/mol. The molecule has 0 spiro atoms. The Morgan fingerprint density at radius 3 is 1.50 bits per heavy atom. The minimum atomic E-state index is 1.21. The summed E-state index contributed by atoms with van der Waals surface area (Å²) >= 11 is 6.35. The Hall–Kier alpha value is 1.01. The summed E-state index contributed by atoms with van der Waals surface area (Å²) in [7, 11) is 0. The maximum atomic E-state index is 3.51. The second kappa shape index (κ2) is 10.5. The van der Waals surface area contributed by atoms with E-state index < -0.39 is 0 Å². The highest BCUT2D eigenvalue weighted by Gasteiger charge is 1.95. The Bertz CT molecular complexity index is 68.6. The Balaban J connectivity index is 2.00. The molecule has 0 aliphatic carbocycles. The van der Waals surface area contributed by atoms with Crippen molar-refractivity contribution in [1.82, 2.24) is 5.32 Å². The van der Waals surface area contributed by atoms with Gasteiger partial charge in [-0.15, -0.1) is 0 Å². The summed E-state index contributed by atoms with van der Waals surface area (Å²) < 4.78 is 0. The molecule has 0 aromatic rings. The Labute approximate surface area is 101 Å². The smallest absolute Gasteiger partial charge is 0.00238 e. The second-order valence-corrected chi connectivity index (χ2v) is 6.97. The summed E-state index contributed by atoms with van der Waals surface area (Å²) in [5.41, 5.74) is 0. The lowest BCUT2D eigenvalue weighted by molar-refractivity contribution is 0.667. The van der Waals surface area contributed by atoms with Crippen LogP contribution in [0.2, 0.25) is 0 Å². The molecule has 0 saturated carbocycles. The minimum Gasteiger partial charge on any atom is -0.317 e. The summed E-state index contributed by atoms with van der Waals surface area (Å²) in [5, 5.41) is 3.51. The van der Waals surface area contributed by atoms with Gasteiger partial charge in [0.05, 0.1) is 0 Å². The Kier molecular flexibility index (Phi) is 9.83. The maximum Gasteiger partial charge on any atom is 0.00238 e. The van der Waals surface area contributed by atoms with E-state index in [-0.39, 0.29) is 0 Å². The lowest BCUT2D eigenvalue weighted by Crippen LogP contribution is -2.18. The molecule has 0 radical (unpaired) electrons. The average Bonchev–Trinajstić information content (AvgIpc) is 2.22. The molecule has 14 heavy (non-hydrogen) atoms. The molecule has 0 unspecified atom stereocenters. The zero-order valence-corrected chi connectivity index (χ0v) is 11.2. The van der Waals surface area contributed by atoms with E-state index >= 15 is 0 Å². The first kappa shape index (κ1) is 13.1. The van der Waals surface area contributed by atoms with E-state index in [1.807, 2.05) is 0 Å². The van der Waals surface area contributed by atoms with Gasteiger partial charge in [-0.05, 0) is 37.4 Å². The first-order valence-electron chi connectivity index (χ1n) is 5.44. The van der Waals surface area contributed by atoms with Gasteiger partial charge in [-0.1, -0.05) is 0 Å². The molecule has 0 aromatic carbocycles. The number of nitrogens with one attached hydrogen (secondary N) is 1.